The first kappa shape index (κ1) is 44.2. The summed E-state index contributed by atoms with van der Waals surface area (Å²) < 4.78 is 0.696. The number of hydrogen-bond acceptors (Lipinski definition) is 1. The van der Waals surface area contributed by atoms with Gasteiger partial charge in [-0.2, -0.15) is 0 Å². The Morgan fingerprint density at radius 3 is 1.73 bits per heavy atom. The fourth-order valence-electron chi connectivity index (χ4n) is 15.4. The summed E-state index contributed by atoms with van der Waals surface area (Å²) in [5.74, 6) is 1.38. The first-order valence-electron chi connectivity index (χ1n) is 27.0. The van der Waals surface area contributed by atoms with Crippen LogP contribution in [0, 0.1) is 11.8 Å². The summed E-state index contributed by atoms with van der Waals surface area (Å²) in [5.41, 5.74) is 27.5. The van der Waals surface area contributed by atoms with Crippen LogP contribution >= 0.6 is 22.6 Å². The van der Waals surface area contributed by atoms with Crippen molar-refractivity contribution in [2.45, 2.75) is 59.7 Å². The second kappa shape index (κ2) is 17.4. The zero-order valence-electron chi connectivity index (χ0n) is 41.5. The fourth-order valence-corrected chi connectivity index (χ4v) is 16.7. The van der Waals surface area contributed by atoms with E-state index >= 15 is 0 Å². The largest absolute Gasteiger partial charge is 0.310 e. The topological polar surface area (TPSA) is 3.24 Å². The highest BCUT2D eigenvalue weighted by Crippen LogP contribution is 2.66. The van der Waals surface area contributed by atoms with Crippen molar-refractivity contribution in [2.24, 2.45) is 11.8 Å². The summed E-state index contributed by atoms with van der Waals surface area (Å²) in [6, 6.07) is 90.7. The van der Waals surface area contributed by atoms with Crippen LogP contribution in [-0.2, 0) is 23.7 Å². The third-order valence-corrected chi connectivity index (χ3v) is 19.3. The van der Waals surface area contributed by atoms with Gasteiger partial charge in [0, 0.05) is 20.6 Å². The van der Waals surface area contributed by atoms with E-state index in [0.717, 1.165) is 18.8 Å². The van der Waals surface area contributed by atoms with Crippen LogP contribution in [0.2, 0.25) is 0 Å². The SMILES string of the molecule is IC1CC2CCC3(c4ccccc4-c4cccc(N(c5ccc6c(c5)C5(c7ccccc7CCc7cc(-c8ccccc8-c8ccccc8)ccc75)c5ccccc5-6)c5ccccc5-c5ccccc5)c43)C(C1)C2. The summed E-state index contributed by atoms with van der Waals surface area (Å²) >= 11 is 2.80. The number of fused-ring (bicyclic) bond motifs is 17. The van der Waals surface area contributed by atoms with Gasteiger partial charge in [0.2, 0.25) is 0 Å². The van der Waals surface area contributed by atoms with E-state index in [-0.39, 0.29) is 5.41 Å². The lowest BCUT2D eigenvalue weighted by Gasteiger charge is -2.51. The van der Waals surface area contributed by atoms with Crippen LogP contribution in [0.15, 0.2) is 237 Å². The molecule has 0 amide bonds. The Labute approximate surface area is 449 Å². The predicted octanol–water partition coefficient (Wildman–Crippen LogP) is 18.9. The van der Waals surface area contributed by atoms with Gasteiger partial charge >= 0.3 is 0 Å². The molecule has 10 aromatic rings. The first-order chi connectivity index (χ1) is 36.6. The number of benzene rings is 10. The van der Waals surface area contributed by atoms with Crippen molar-refractivity contribution >= 4 is 39.7 Å². The average molecular weight is 1060 g/mol. The Balaban J connectivity index is 1.00. The summed E-state index contributed by atoms with van der Waals surface area (Å²) in [6.07, 6.45) is 8.32. The molecular weight excluding hydrogens is 1010 g/mol. The lowest BCUT2D eigenvalue weighted by Crippen LogP contribution is -2.45. The highest BCUT2D eigenvalue weighted by molar-refractivity contribution is 14.1. The molecule has 2 bridgehead atoms. The average Bonchev–Trinajstić information content (AvgIpc) is 3.89. The molecule has 74 heavy (non-hydrogen) atoms. The van der Waals surface area contributed by atoms with E-state index < -0.39 is 5.41 Å². The number of rotatable bonds is 6. The van der Waals surface area contributed by atoms with Crippen molar-refractivity contribution in [1.29, 1.82) is 0 Å². The van der Waals surface area contributed by atoms with Gasteiger partial charge in [0.15, 0.2) is 0 Å². The molecule has 0 aliphatic heterocycles. The second-order valence-corrected chi connectivity index (χ2v) is 23.6. The third kappa shape index (κ3) is 6.52. The molecule has 2 saturated carbocycles. The van der Waals surface area contributed by atoms with Gasteiger partial charge < -0.3 is 4.90 Å². The van der Waals surface area contributed by atoms with E-state index in [1.165, 1.54) is 144 Å². The highest BCUT2D eigenvalue weighted by Gasteiger charge is 2.55. The Bertz CT molecular complexity index is 3830. The van der Waals surface area contributed by atoms with Crippen molar-refractivity contribution in [1.82, 2.24) is 0 Å². The number of para-hydroxylation sites is 1. The Morgan fingerprint density at radius 2 is 0.946 bits per heavy atom. The maximum Gasteiger partial charge on any atom is 0.0719 e. The molecule has 356 valence electrons. The van der Waals surface area contributed by atoms with Gasteiger partial charge in [-0.1, -0.05) is 235 Å². The molecule has 10 aromatic carbocycles. The normalized spacial score (nSPS) is 21.4. The second-order valence-electron chi connectivity index (χ2n) is 21.8. The molecule has 0 radical (unpaired) electrons. The maximum atomic E-state index is 2.80. The summed E-state index contributed by atoms with van der Waals surface area (Å²) in [4.78, 5) is 2.70. The molecule has 1 nitrogen and oxygen atoms in total. The monoisotopic (exact) mass is 1060 g/mol. The molecule has 5 aliphatic carbocycles. The number of nitrogens with zero attached hydrogens (tertiary/aromatic N) is 1. The van der Waals surface area contributed by atoms with Crippen LogP contribution in [0.25, 0.3) is 55.6 Å². The van der Waals surface area contributed by atoms with Crippen LogP contribution in [0.4, 0.5) is 17.1 Å². The highest BCUT2D eigenvalue weighted by atomic mass is 127. The van der Waals surface area contributed by atoms with Crippen LogP contribution in [-0.4, -0.2) is 3.92 Å². The third-order valence-electron chi connectivity index (χ3n) is 18.3. The summed E-state index contributed by atoms with van der Waals surface area (Å²) in [7, 11) is 0. The number of hydrogen-bond donors (Lipinski definition) is 0. The summed E-state index contributed by atoms with van der Waals surface area (Å²) in [6.45, 7) is 0. The number of aryl methyl sites for hydroxylation is 2. The van der Waals surface area contributed by atoms with Gasteiger partial charge in [-0.05, 0) is 176 Å². The predicted molar refractivity (Wildman–Crippen MR) is 316 cm³/mol. The lowest BCUT2D eigenvalue weighted by molar-refractivity contribution is 0.125. The van der Waals surface area contributed by atoms with E-state index in [1.807, 2.05) is 0 Å². The van der Waals surface area contributed by atoms with Crippen molar-refractivity contribution < 1.29 is 0 Å². The maximum absolute atomic E-state index is 2.80. The van der Waals surface area contributed by atoms with Gasteiger partial charge in [-0.3, -0.25) is 0 Å². The quantitative estimate of drug-likeness (QED) is 0.118. The number of alkyl halides is 1. The van der Waals surface area contributed by atoms with Crippen LogP contribution < -0.4 is 4.90 Å². The first-order valence-corrected chi connectivity index (χ1v) is 28.3. The Hall–Kier alpha value is -7.27. The zero-order valence-corrected chi connectivity index (χ0v) is 43.7. The lowest BCUT2D eigenvalue weighted by atomic mass is 9.54. The minimum atomic E-state index is -0.557. The van der Waals surface area contributed by atoms with Crippen LogP contribution in [0.1, 0.15) is 76.6 Å². The van der Waals surface area contributed by atoms with Crippen LogP contribution in [0.3, 0.4) is 0 Å². The zero-order chi connectivity index (χ0) is 49.0. The molecule has 0 aromatic heterocycles. The number of halogens is 1. The van der Waals surface area contributed by atoms with Gasteiger partial charge in [-0.15, -0.1) is 0 Å². The number of anilines is 3. The van der Waals surface area contributed by atoms with Gasteiger partial charge in [0.05, 0.1) is 16.8 Å². The van der Waals surface area contributed by atoms with Crippen LogP contribution in [0.5, 0.6) is 0 Å². The molecule has 0 heterocycles. The van der Waals surface area contributed by atoms with Crippen molar-refractivity contribution in [3.63, 3.8) is 0 Å². The Morgan fingerprint density at radius 1 is 0.378 bits per heavy atom. The van der Waals surface area contributed by atoms with Gasteiger partial charge in [0.1, 0.15) is 0 Å². The molecule has 5 unspecified atom stereocenters. The summed E-state index contributed by atoms with van der Waals surface area (Å²) in [5, 5.41) is 0. The molecule has 2 spiro atoms. The standard InChI is InChI=1S/C72H56IN/c73-54-43-47-40-41-71(53(42-47)45-54)65-30-14-10-27-60(65)62-28-17-33-69(70(62)71)74(68-32-16-12-25-58(68)49-20-5-2-6-21-49)55-37-38-61-59-26-11-15-31-66(59)72(67(61)46-55)63-29-13-7-22-50(63)34-35-52-44-51(36-39-64(52)72)57-24-9-8-23-56(57)48-18-3-1-4-19-48/h1-33,36-39,44,46-47,53-54H,34-35,40-43,45H2. The molecule has 2 fully saturated rings. The van der Waals surface area contributed by atoms with Crippen molar-refractivity contribution in [3.8, 4) is 55.6 Å². The molecular formula is C72H56IN. The minimum absolute atomic E-state index is 0.0764. The minimum Gasteiger partial charge on any atom is -0.310 e. The van der Waals surface area contributed by atoms with Gasteiger partial charge in [0.25, 0.3) is 0 Å². The Kier molecular flexibility index (Phi) is 10.4. The molecule has 2 heteroatoms. The smallest absolute Gasteiger partial charge is 0.0719 e. The molecule has 0 saturated heterocycles. The van der Waals surface area contributed by atoms with Crippen molar-refractivity contribution in [2.75, 3.05) is 4.90 Å². The van der Waals surface area contributed by atoms with E-state index in [2.05, 4.69) is 264 Å². The molecule has 5 atom stereocenters. The fraction of sp³-hybridized carbons (Fsp3) is 0.167. The molecule has 0 N–H and O–H groups in total. The van der Waals surface area contributed by atoms with E-state index in [1.54, 1.807) is 5.56 Å². The van der Waals surface area contributed by atoms with E-state index in [0.29, 0.717) is 9.84 Å². The van der Waals surface area contributed by atoms with E-state index in [4.69, 9.17) is 0 Å². The van der Waals surface area contributed by atoms with Crippen molar-refractivity contribution in [3.05, 3.63) is 281 Å². The molecule has 5 aliphatic rings. The van der Waals surface area contributed by atoms with Gasteiger partial charge in [-0.25, -0.2) is 0 Å². The van der Waals surface area contributed by atoms with E-state index in [9.17, 15) is 0 Å². The molecule has 15 rings (SSSR count).